The van der Waals surface area contributed by atoms with Crippen molar-refractivity contribution in [1.82, 2.24) is 4.98 Å². The highest BCUT2D eigenvalue weighted by molar-refractivity contribution is 7.18. The van der Waals surface area contributed by atoms with Crippen LogP contribution in [0.3, 0.4) is 0 Å². The molecule has 16 heavy (non-hydrogen) atoms. The van der Waals surface area contributed by atoms with Crippen molar-refractivity contribution in [3.05, 3.63) is 29.3 Å². The van der Waals surface area contributed by atoms with Gasteiger partial charge in [-0.15, -0.1) is 11.3 Å². The number of ether oxygens (including phenoxy) is 1. The summed E-state index contributed by atoms with van der Waals surface area (Å²) in [7, 11) is 0. The first-order valence-electron chi connectivity index (χ1n) is 5.65. The maximum absolute atomic E-state index is 5.83. The zero-order chi connectivity index (χ0) is 11.3. The number of rotatable bonds is 2. The quantitative estimate of drug-likeness (QED) is 0.741. The monoisotopic (exact) mass is 233 g/mol. The molecule has 1 aliphatic heterocycles. The maximum Gasteiger partial charge on any atom is 0.143 e. The molecule has 0 unspecified atom stereocenters. The highest BCUT2D eigenvalue weighted by Crippen LogP contribution is 2.51. The predicted octanol–water partition coefficient (Wildman–Crippen LogP) is 3.57. The van der Waals surface area contributed by atoms with Crippen molar-refractivity contribution in [2.45, 2.75) is 32.5 Å². The zero-order valence-electron chi connectivity index (χ0n) is 9.73. The lowest BCUT2D eigenvalue weighted by Crippen LogP contribution is -2.11. The minimum absolute atomic E-state index is 0.141. The maximum atomic E-state index is 5.83. The summed E-state index contributed by atoms with van der Waals surface area (Å²) >= 11 is 1.75. The summed E-state index contributed by atoms with van der Waals surface area (Å²) in [6.45, 7) is 6.54. The van der Waals surface area contributed by atoms with E-state index in [0.717, 1.165) is 10.5 Å². The first-order chi connectivity index (χ1) is 7.61. The first kappa shape index (κ1) is 10.2. The number of nitrogens with zero attached hydrogens (tertiary/aromatic N) is 1. The standard InChI is InChI=1S/C13H15NOS/c1-8(2)11-13(3,15-11)12-14-9-6-4-5-7-10(9)16-12/h4-8,11H,1-3H3/t11-,13-/m1/s1. The highest BCUT2D eigenvalue weighted by Gasteiger charge is 2.57. The van der Waals surface area contributed by atoms with E-state index in [1.165, 1.54) is 4.70 Å². The molecule has 1 aromatic heterocycles. The molecule has 2 atom stereocenters. The summed E-state index contributed by atoms with van der Waals surface area (Å²) in [5, 5.41) is 1.12. The van der Waals surface area contributed by atoms with E-state index < -0.39 is 0 Å². The van der Waals surface area contributed by atoms with Crippen molar-refractivity contribution in [1.29, 1.82) is 0 Å². The molecule has 2 aromatic rings. The minimum atomic E-state index is -0.141. The molecular weight excluding hydrogens is 218 g/mol. The van der Waals surface area contributed by atoms with Crippen LogP contribution >= 0.6 is 11.3 Å². The van der Waals surface area contributed by atoms with E-state index in [9.17, 15) is 0 Å². The van der Waals surface area contributed by atoms with Crippen LogP contribution < -0.4 is 0 Å². The van der Waals surface area contributed by atoms with Crippen molar-refractivity contribution >= 4 is 21.6 Å². The lowest BCUT2D eigenvalue weighted by Gasteiger charge is -2.03. The number of benzene rings is 1. The third-order valence-electron chi connectivity index (χ3n) is 3.18. The summed E-state index contributed by atoms with van der Waals surface area (Å²) < 4.78 is 7.08. The van der Waals surface area contributed by atoms with Crippen LogP contribution in [0.15, 0.2) is 24.3 Å². The van der Waals surface area contributed by atoms with E-state index in [2.05, 4.69) is 44.0 Å². The van der Waals surface area contributed by atoms with Crippen LogP contribution in [0.2, 0.25) is 0 Å². The summed E-state index contributed by atoms with van der Waals surface area (Å²) in [4.78, 5) is 4.67. The van der Waals surface area contributed by atoms with Gasteiger partial charge in [-0.25, -0.2) is 4.98 Å². The Morgan fingerprint density at radius 2 is 2.12 bits per heavy atom. The largest absolute Gasteiger partial charge is 0.358 e. The second-order valence-electron chi connectivity index (χ2n) is 4.88. The lowest BCUT2D eigenvalue weighted by atomic mass is 10.00. The normalized spacial score (nSPS) is 28.9. The summed E-state index contributed by atoms with van der Waals surface area (Å²) in [6.07, 6.45) is 0.327. The molecular formula is C13H15NOS. The Hall–Kier alpha value is -0.930. The summed E-state index contributed by atoms with van der Waals surface area (Å²) in [5.74, 6) is 0.553. The molecule has 1 aromatic carbocycles. The molecule has 0 amide bonds. The van der Waals surface area contributed by atoms with Gasteiger partial charge in [0.25, 0.3) is 0 Å². The van der Waals surface area contributed by atoms with E-state index in [4.69, 9.17) is 4.74 Å². The molecule has 0 N–H and O–H groups in total. The van der Waals surface area contributed by atoms with Crippen LogP contribution in [0, 0.1) is 5.92 Å². The topological polar surface area (TPSA) is 25.4 Å². The Balaban J connectivity index is 2.02. The fourth-order valence-corrected chi connectivity index (χ4v) is 3.34. The van der Waals surface area contributed by atoms with E-state index >= 15 is 0 Å². The number of fused-ring (bicyclic) bond motifs is 1. The molecule has 0 spiro atoms. The van der Waals surface area contributed by atoms with Crippen LogP contribution in [0.25, 0.3) is 10.2 Å². The Labute approximate surface area is 99.3 Å². The molecule has 2 nitrogen and oxygen atoms in total. The molecule has 3 heteroatoms. The summed E-state index contributed by atoms with van der Waals surface area (Å²) in [6, 6.07) is 8.26. The fourth-order valence-electron chi connectivity index (χ4n) is 2.26. The van der Waals surface area contributed by atoms with Gasteiger partial charge in [0, 0.05) is 0 Å². The van der Waals surface area contributed by atoms with Gasteiger partial charge in [0.15, 0.2) is 0 Å². The van der Waals surface area contributed by atoms with Gasteiger partial charge in [-0.2, -0.15) is 0 Å². The van der Waals surface area contributed by atoms with E-state index in [1.54, 1.807) is 11.3 Å². The number of hydrogen-bond donors (Lipinski definition) is 0. The smallest absolute Gasteiger partial charge is 0.143 e. The average molecular weight is 233 g/mol. The van der Waals surface area contributed by atoms with Crippen LogP contribution in [-0.2, 0) is 10.3 Å². The van der Waals surface area contributed by atoms with Crippen molar-refractivity contribution in [3.8, 4) is 0 Å². The van der Waals surface area contributed by atoms with Gasteiger partial charge in [0.05, 0.1) is 16.3 Å². The molecule has 1 fully saturated rings. The molecule has 2 heterocycles. The van der Waals surface area contributed by atoms with Gasteiger partial charge in [0.2, 0.25) is 0 Å². The number of epoxide rings is 1. The number of aromatic nitrogens is 1. The SMILES string of the molecule is CC(C)[C@H]1O[C@@]1(C)c1nc2ccccc2s1. The van der Waals surface area contributed by atoms with Crippen molar-refractivity contribution in [2.75, 3.05) is 0 Å². The Bertz CT molecular complexity index is 500. The van der Waals surface area contributed by atoms with Crippen molar-refractivity contribution < 1.29 is 4.74 Å². The highest BCUT2D eigenvalue weighted by atomic mass is 32.1. The van der Waals surface area contributed by atoms with Crippen LogP contribution in [0.4, 0.5) is 0 Å². The third-order valence-corrected chi connectivity index (χ3v) is 4.44. The summed E-state index contributed by atoms with van der Waals surface area (Å²) in [5.41, 5.74) is 0.944. The molecule has 3 rings (SSSR count). The number of hydrogen-bond acceptors (Lipinski definition) is 3. The first-order valence-corrected chi connectivity index (χ1v) is 6.47. The molecule has 84 valence electrons. The Morgan fingerprint density at radius 1 is 1.38 bits per heavy atom. The second-order valence-corrected chi connectivity index (χ2v) is 5.91. The molecule has 1 saturated heterocycles. The molecule has 0 radical (unpaired) electrons. The Kier molecular flexibility index (Phi) is 2.10. The minimum Gasteiger partial charge on any atom is -0.358 e. The van der Waals surface area contributed by atoms with Crippen LogP contribution in [-0.4, -0.2) is 11.1 Å². The number of para-hydroxylation sites is 1. The lowest BCUT2D eigenvalue weighted by molar-refractivity contribution is 0.295. The van der Waals surface area contributed by atoms with Crippen molar-refractivity contribution in [3.63, 3.8) is 0 Å². The molecule has 0 saturated carbocycles. The average Bonchev–Trinajstić information content (AvgIpc) is 2.78. The van der Waals surface area contributed by atoms with Gasteiger partial charge < -0.3 is 4.74 Å². The van der Waals surface area contributed by atoms with Crippen molar-refractivity contribution in [2.24, 2.45) is 5.92 Å². The van der Waals surface area contributed by atoms with Crippen LogP contribution in [0.1, 0.15) is 25.8 Å². The molecule has 0 aliphatic carbocycles. The second kappa shape index (κ2) is 3.28. The van der Waals surface area contributed by atoms with Gasteiger partial charge >= 0.3 is 0 Å². The fraction of sp³-hybridized carbons (Fsp3) is 0.462. The van der Waals surface area contributed by atoms with Gasteiger partial charge in [-0.3, -0.25) is 0 Å². The molecule has 1 aliphatic rings. The van der Waals surface area contributed by atoms with E-state index in [1.807, 2.05) is 6.07 Å². The van der Waals surface area contributed by atoms with Gasteiger partial charge in [-0.05, 0) is 25.0 Å². The number of thiazole rings is 1. The third kappa shape index (κ3) is 1.39. The van der Waals surface area contributed by atoms with Gasteiger partial charge in [-0.1, -0.05) is 26.0 Å². The van der Waals surface area contributed by atoms with Crippen LogP contribution in [0.5, 0.6) is 0 Å². The zero-order valence-corrected chi connectivity index (χ0v) is 10.5. The molecule has 0 bridgehead atoms. The van der Waals surface area contributed by atoms with Gasteiger partial charge in [0.1, 0.15) is 10.6 Å². The van der Waals surface area contributed by atoms with E-state index in [0.29, 0.717) is 12.0 Å². The van der Waals surface area contributed by atoms with E-state index in [-0.39, 0.29) is 5.60 Å². The predicted molar refractivity (Wildman–Crippen MR) is 66.7 cm³/mol. The Morgan fingerprint density at radius 3 is 2.75 bits per heavy atom.